The number of rotatable bonds is 1. The highest BCUT2D eigenvalue weighted by Gasteiger charge is 2.29. The molecule has 3 aromatic heterocycles. The molecule has 6 heteroatoms. The molecule has 6 nitrogen and oxygen atoms in total. The monoisotopic (exact) mass is 281 g/mol. The van der Waals surface area contributed by atoms with Gasteiger partial charge in [-0.25, -0.2) is 9.50 Å². The molecule has 1 amide bonds. The molecule has 4 heterocycles. The van der Waals surface area contributed by atoms with Crippen LogP contribution >= 0.6 is 0 Å². The number of carbonyl (C=O) groups is 1. The zero-order chi connectivity index (χ0) is 14.4. The van der Waals surface area contributed by atoms with Crippen LogP contribution in [0.5, 0.6) is 0 Å². The molecule has 0 aliphatic carbocycles. The molecule has 0 N–H and O–H groups in total. The van der Waals surface area contributed by atoms with Crippen molar-refractivity contribution >= 4 is 11.6 Å². The Morgan fingerprint density at radius 2 is 2.19 bits per heavy atom. The van der Waals surface area contributed by atoms with Crippen molar-refractivity contribution < 1.29 is 4.79 Å². The Hall–Kier alpha value is -2.63. The van der Waals surface area contributed by atoms with E-state index in [4.69, 9.17) is 0 Å². The minimum absolute atomic E-state index is 0.0105. The zero-order valence-electron chi connectivity index (χ0n) is 11.7. The van der Waals surface area contributed by atoms with Gasteiger partial charge in [0.25, 0.3) is 5.91 Å². The van der Waals surface area contributed by atoms with Gasteiger partial charge in [-0.1, -0.05) is 0 Å². The normalized spacial score (nSPS) is 18.0. The Balaban J connectivity index is 1.72. The van der Waals surface area contributed by atoms with Gasteiger partial charge < -0.3 is 9.47 Å². The third-order valence-electron chi connectivity index (χ3n) is 4.11. The van der Waals surface area contributed by atoms with Crippen LogP contribution < -0.4 is 0 Å². The molecule has 3 aromatic rings. The molecule has 21 heavy (non-hydrogen) atoms. The summed E-state index contributed by atoms with van der Waals surface area (Å²) in [5.41, 5.74) is 2.33. The molecule has 0 saturated carbocycles. The number of hydrogen-bond donors (Lipinski definition) is 0. The fourth-order valence-electron chi connectivity index (χ4n) is 2.99. The maximum absolute atomic E-state index is 12.8. The molecular formula is C15H15N5O. The second-order valence-corrected chi connectivity index (χ2v) is 5.25. The number of hydrogen-bond acceptors (Lipinski definition) is 3. The van der Waals surface area contributed by atoms with Crippen molar-refractivity contribution in [1.29, 1.82) is 0 Å². The third kappa shape index (κ3) is 1.75. The van der Waals surface area contributed by atoms with Gasteiger partial charge in [0.2, 0.25) is 0 Å². The molecule has 1 unspecified atom stereocenters. The molecule has 0 fully saturated rings. The third-order valence-corrected chi connectivity index (χ3v) is 4.11. The predicted octanol–water partition coefficient (Wildman–Crippen LogP) is 1.75. The second-order valence-electron chi connectivity index (χ2n) is 5.25. The van der Waals surface area contributed by atoms with E-state index in [-0.39, 0.29) is 11.9 Å². The van der Waals surface area contributed by atoms with E-state index in [1.807, 2.05) is 11.0 Å². The highest BCUT2D eigenvalue weighted by Crippen LogP contribution is 2.27. The highest BCUT2D eigenvalue weighted by atomic mass is 16.2. The van der Waals surface area contributed by atoms with Gasteiger partial charge in [0.1, 0.15) is 5.56 Å². The quantitative estimate of drug-likeness (QED) is 0.683. The summed E-state index contributed by atoms with van der Waals surface area (Å²) >= 11 is 0. The zero-order valence-corrected chi connectivity index (χ0v) is 11.7. The van der Waals surface area contributed by atoms with Crippen LogP contribution in [0.2, 0.25) is 0 Å². The van der Waals surface area contributed by atoms with Crippen LogP contribution in [0, 0.1) is 0 Å². The van der Waals surface area contributed by atoms with Gasteiger partial charge in [-0.3, -0.25) is 4.79 Å². The average molecular weight is 281 g/mol. The van der Waals surface area contributed by atoms with Gasteiger partial charge in [-0.15, -0.1) is 0 Å². The summed E-state index contributed by atoms with van der Waals surface area (Å²) < 4.78 is 3.83. The van der Waals surface area contributed by atoms with Crippen LogP contribution in [0.4, 0.5) is 0 Å². The Bertz CT molecular complexity index is 818. The molecule has 106 valence electrons. The number of carbonyl (C=O) groups excluding carboxylic acids is 1. The lowest BCUT2D eigenvalue weighted by Gasteiger charge is -2.34. The van der Waals surface area contributed by atoms with E-state index in [0.29, 0.717) is 17.8 Å². The minimum Gasteiger partial charge on any atom is -0.348 e. The number of nitrogens with zero attached hydrogens (tertiary/aromatic N) is 5. The van der Waals surface area contributed by atoms with Gasteiger partial charge >= 0.3 is 0 Å². The van der Waals surface area contributed by atoms with Gasteiger partial charge in [0.15, 0.2) is 5.65 Å². The van der Waals surface area contributed by atoms with Crippen LogP contribution in [0.3, 0.4) is 0 Å². The largest absolute Gasteiger partial charge is 0.348 e. The summed E-state index contributed by atoms with van der Waals surface area (Å²) in [7, 11) is 0. The maximum atomic E-state index is 12.8. The van der Waals surface area contributed by atoms with Crippen LogP contribution in [0.1, 0.15) is 29.0 Å². The van der Waals surface area contributed by atoms with Crippen molar-refractivity contribution in [2.75, 3.05) is 6.54 Å². The number of fused-ring (bicyclic) bond motifs is 2. The topological polar surface area (TPSA) is 55.4 Å². The SMILES string of the molecule is CC1c2cccn2CCN1C(=O)c1cnn2cccnc12. The molecule has 0 radical (unpaired) electrons. The average Bonchev–Trinajstić information content (AvgIpc) is 3.14. The fourth-order valence-corrected chi connectivity index (χ4v) is 2.99. The lowest BCUT2D eigenvalue weighted by Crippen LogP contribution is -2.40. The summed E-state index contributed by atoms with van der Waals surface area (Å²) in [4.78, 5) is 19.0. The van der Waals surface area contributed by atoms with E-state index < -0.39 is 0 Å². The van der Waals surface area contributed by atoms with E-state index in [2.05, 4.69) is 33.8 Å². The molecule has 0 spiro atoms. The van der Waals surface area contributed by atoms with Crippen molar-refractivity contribution in [3.63, 3.8) is 0 Å². The van der Waals surface area contributed by atoms with E-state index in [1.54, 1.807) is 29.2 Å². The van der Waals surface area contributed by atoms with Crippen LogP contribution in [0.25, 0.3) is 5.65 Å². The summed E-state index contributed by atoms with van der Waals surface area (Å²) in [6.45, 7) is 3.58. The first kappa shape index (κ1) is 12.1. The Morgan fingerprint density at radius 1 is 1.29 bits per heavy atom. The molecule has 0 saturated heterocycles. The maximum Gasteiger partial charge on any atom is 0.259 e. The predicted molar refractivity (Wildman–Crippen MR) is 76.9 cm³/mol. The first-order valence-electron chi connectivity index (χ1n) is 7.00. The Kier molecular flexibility index (Phi) is 2.57. The van der Waals surface area contributed by atoms with Crippen LogP contribution in [0.15, 0.2) is 43.0 Å². The van der Waals surface area contributed by atoms with E-state index in [0.717, 1.165) is 6.54 Å². The smallest absolute Gasteiger partial charge is 0.259 e. The summed E-state index contributed by atoms with van der Waals surface area (Å²) in [6.07, 6.45) is 7.14. The van der Waals surface area contributed by atoms with Crippen molar-refractivity contribution in [2.45, 2.75) is 19.5 Å². The van der Waals surface area contributed by atoms with E-state index in [1.165, 1.54) is 5.69 Å². The lowest BCUT2D eigenvalue weighted by atomic mass is 10.1. The molecule has 1 atom stereocenters. The van der Waals surface area contributed by atoms with E-state index in [9.17, 15) is 4.79 Å². The summed E-state index contributed by atoms with van der Waals surface area (Å²) in [5.74, 6) is -0.0105. The van der Waals surface area contributed by atoms with Gasteiger partial charge in [0, 0.05) is 37.4 Å². The molecule has 0 aromatic carbocycles. The summed E-state index contributed by atoms with van der Waals surface area (Å²) in [5, 5.41) is 4.20. The fraction of sp³-hybridized carbons (Fsp3) is 0.267. The first-order chi connectivity index (χ1) is 10.3. The molecule has 1 aliphatic rings. The number of aromatic nitrogens is 4. The van der Waals surface area contributed by atoms with Gasteiger partial charge in [-0.05, 0) is 25.1 Å². The molecular weight excluding hydrogens is 266 g/mol. The van der Waals surface area contributed by atoms with E-state index >= 15 is 0 Å². The number of amides is 1. The standard InChI is InChI=1S/C15H15N5O/c1-11-13-4-2-6-18(13)8-9-19(11)15(21)12-10-17-20-7-3-5-16-14(12)20/h2-7,10-11H,8-9H2,1H3. The van der Waals surface area contributed by atoms with Gasteiger partial charge in [0.05, 0.1) is 12.2 Å². The highest BCUT2D eigenvalue weighted by molar-refractivity contribution is 5.99. The van der Waals surface area contributed by atoms with Crippen molar-refractivity contribution in [1.82, 2.24) is 24.1 Å². The van der Waals surface area contributed by atoms with Crippen molar-refractivity contribution in [3.8, 4) is 0 Å². The summed E-state index contributed by atoms with van der Waals surface area (Å²) in [6, 6.07) is 5.94. The lowest BCUT2D eigenvalue weighted by molar-refractivity contribution is 0.0646. The molecule has 0 bridgehead atoms. The Morgan fingerprint density at radius 3 is 3.10 bits per heavy atom. The second kappa shape index (κ2) is 4.44. The van der Waals surface area contributed by atoms with Crippen molar-refractivity contribution in [2.24, 2.45) is 0 Å². The van der Waals surface area contributed by atoms with Crippen molar-refractivity contribution in [3.05, 3.63) is 54.2 Å². The van der Waals surface area contributed by atoms with Gasteiger partial charge in [-0.2, -0.15) is 5.10 Å². The molecule has 4 rings (SSSR count). The minimum atomic E-state index is -0.0105. The first-order valence-corrected chi connectivity index (χ1v) is 7.00. The van der Waals surface area contributed by atoms with Crippen LogP contribution in [-0.4, -0.2) is 36.5 Å². The van der Waals surface area contributed by atoms with Crippen LogP contribution in [-0.2, 0) is 6.54 Å². The molecule has 1 aliphatic heterocycles. The Labute approximate surface area is 121 Å².